The summed E-state index contributed by atoms with van der Waals surface area (Å²) in [5, 5.41) is 21.9. The van der Waals surface area contributed by atoms with Crippen molar-refractivity contribution in [3.05, 3.63) is 89.3 Å². The van der Waals surface area contributed by atoms with E-state index in [0.29, 0.717) is 11.2 Å². The molecule has 28 heavy (non-hydrogen) atoms. The van der Waals surface area contributed by atoms with Gasteiger partial charge in [0.15, 0.2) is 5.82 Å². The van der Waals surface area contributed by atoms with Gasteiger partial charge in [-0.2, -0.15) is 10.2 Å². The summed E-state index contributed by atoms with van der Waals surface area (Å²) >= 11 is 0. The molecule has 2 heterocycles. The van der Waals surface area contributed by atoms with E-state index in [0.717, 1.165) is 33.1 Å². The van der Waals surface area contributed by atoms with Gasteiger partial charge in [0.25, 0.3) is 5.56 Å². The Hall–Kier alpha value is -4.06. The number of H-pyrrole nitrogens is 1. The second-order valence-corrected chi connectivity index (χ2v) is 6.43. The summed E-state index contributed by atoms with van der Waals surface area (Å²) < 4.78 is 0. The van der Waals surface area contributed by atoms with Gasteiger partial charge < -0.3 is 5.32 Å². The molecular formula is C22H15N5O. The largest absolute Gasteiger partial charge is 0.338 e. The molecule has 0 saturated heterocycles. The Kier molecular flexibility index (Phi) is 3.80. The lowest BCUT2D eigenvalue weighted by atomic mass is 10.0. The molecule has 5 rings (SSSR count). The lowest BCUT2D eigenvalue weighted by Gasteiger charge is -2.09. The van der Waals surface area contributed by atoms with Crippen LogP contribution in [0.2, 0.25) is 0 Å². The van der Waals surface area contributed by atoms with Crippen molar-refractivity contribution in [2.45, 2.75) is 0 Å². The highest BCUT2D eigenvalue weighted by Crippen LogP contribution is 2.27. The van der Waals surface area contributed by atoms with E-state index < -0.39 is 0 Å². The van der Waals surface area contributed by atoms with Gasteiger partial charge in [0, 0.05) is 27.4 Å². The number of aromatic nitrogens is 4. The number of aromatic amines is 1. The van der Waals surface area contributed by atoms with Crippen LogP contribution < -0.4 is 10.9 Å². The first-order valence-corrected chi connectivity index (χ1v) is 8.85. The van der Waals surface area contributed by atoms with E-state index in [2.05, 4.69) is 25.7 Å². The van der Waals surface area contributed by atoms with Crippen LogP contribution in [-0.4, -0.2) is 20.4 Å². The Morgan fingerprint density at radius 3 is 2.32 bits per heavy atom. The zero-order valence-corrected chi connectivity index (χ0v) is 14.8. The van der Waals surface area contributed by atoms with Crippen molar-refractivity contribution in [3.63, 3.8) is 0 Å². The number of benzene rings is 3. The van der Waals surface area contributed by atoms with Crippen LogP contribution in [0, 0.1) is 0 Å². The topological polar surface area (TPSA) is 83.6 Å². The van der Waals surface area contributed by atoms with E-state index in [1.807, 2.05) is 66.7 Å². The summed E-state index contributed by atoms with van der Waals surface area (Å²) in [5.74, 6) is 0.707. The van der Waals surface area contributed by atoms with Crippen LogP contribution in [0.25, 0.3) is 32.8 Å². The third-order valence-electron chi connectivity index (χ3n) is 4.69. The number of anilines is 2. The minimum absolute atomic E-state index is 0.188. The lowest BCUT2D eigenvalue weighted by Crippen LogP contribution is -2.09. The van der Waals surface area contributed by atoms with Crippen molar-refractivity contribution < 1.29 is 0 Å². The first-order valence-electron chi connectivity index (χ1n) is 8.85. The van der Waals surface area contributed by atoms with Crippen LogP contribution in [0.3, 0.4) is 0 Å². The molecule has 6 heteroatoms. The van der Waals surface area contributed by atoms with Crippen molar-refractivity contribution in [3.8, 4) is 11.3 Å². The minimum atomic E-state index is -0.188. The van der Waals surface area contributed by atoms with Gasteiger partial charge in [-0.15, -0.1) is 5.10 Å². The number of nitrogens with one attached hydrogen (secondary N) is 2. The zero-order valence-electron chi connectivity index (χ0n) is 14.8. The molecule has 6 nitrogen and oxygen atoms in total. The molecule has 0 aliphatic carbocycles. The van der Waals surface area contributed by atoms with Gasteiger partial charge in [-0.3, -0.25) is 4.79 Å². The van der Waals surface area contributed by atoms with E-state index in [1.54, 1.807) is 12.3 Å². The number of hydrogen-bond acceptors (Lipinski definition) is 5. The summed E-state index contributed by atoms with van der Waals surface area (Å²) in [7, 11) is 0. The fourth-order valence-corrected chi connectivity index (χ4v) is 3.30. The van der Waals surface area contributed by atoms with Gasteiger partial charge in [0.2, 0.25) is 0 Å². The van der Waals surface area contributed by atoms with Crippen LogP contribution in [0.4, 0.5) is 11.5 Å². The molecule has 0 amide bonds. The second kappa shape index (κ2) is 6.59. The van der Waals surface area contributed by atoms with Gasteiger partial charge in [0.05, 0.1) is 17.3 Å². The monoisotopic (exact) mass is 365 g/mol. The van der Waals surface area contributed by atoms with Gasteiger partial charge in [-0.25, -0.2) is 5.10 Å². The molecule has 0 unspecified atom stereocenters. The molecule has 0 fully saturated rings. The molecule has 3 aromatic carbocycles. The predicted octanol–water partition coefficient (Wildman–Crippen LogP) is 4.28. The van der Waals surface area contributed by atoms with Crippen LogP contribution >= 0.6 is 0 Å². The molecule has 134 valence electrons. The average Bonchev–Trinajstić information content (AvgIpc) is 2.75. The zero-order chi connectivity index (χ0) is 18.9. The fourth-order valence-electron chi connectivity index (χ4n) is 3.30. The summed E-state index contributed by atoms with van der Waals surface area (Å²) in [5.41, 5.74) is 2.36. The number of rotatable bonds is 3. The molecule has 0 aliphatic heterocycles. The van der Waals surface area contributed by atoms with Crippen molar-refractivity contribution in [1.82, 2.24) is 20.4 Å². The molecular weight excluding hydrogens is 350 g/mol. The maximum atomic E-state index is 12.0. The lowest BCUT2D eigenvalue weighted by molar-refractivity contribution is 1.02. The highest BCUT2D eigenvalue weighted by atomic mass is 16.1. The van der Waals surface area contributed by atoms with Crippen molar-refractivity contribution in [1.29, 1.82) is 0 Å². The van der Waals surface area contributed by atoms with Crippen LogP contribution in [0.5, 0.6) is 0 Å². The molecule has 5 aromatic rings. The van der Waals surface area contributed by atoms with Gasteiger partial charge in [-0.1, -0.05) is 54.6 Å². The molecule has 0 bridgehead atoms. The first kappa shape index (κ1) is 16.1. The summed E-state index contributed by atoms with van der Waals surface area (Å²) in [6.45, 7) is 0. The van der Waals surface area contributed by atoms with Crippen LogP contribution in [0.15, 0.2) is 83.8 Å². The third kappa shape index (κ3) is 2.77. The smallest absolute Gasteiger partial charge is 0.272 e. The van der Waals surface area contributed by atoms with Crippen molar-refractivity contribution >= 4 is 33.1 Å². The summed E-state index contributed by atoms with van der Waals surface area (Å²) in [6.07, 6.45) is 1.75. The molecule has 0 radical (unpaired) electrons. The summed E-state index contributed by atoms with van der Waals surface area (Å²) in [4.78, 5) is 12.0. The first-order chi connectivity index (χ1) is 13.8. The van der Waals surface area contributed by atoms with Gasteiger partial charge in [0.1, 0.15) is 0 Å². The van der Waals surface area contributed by atoms with E-state index in [-0.39, 0.29) is 5.56 Å². The van der Waals surface area contributed by atoms with Crippen LogP contribution in [0.1, 0.15) is 0 Å². The third-order valence-corrected chi connectivity index (χ3v) is 4.69. The van der Waals surface area contributed by atoms with Gasteiger partial charge >= 0.3 is 0 Å². The summed E-state index contributed by atoms with van der Waals surface area (Å²) in [6, 6.07) is 23.3. The quantitative estimate of drug-likeness (QED) is 0.499. The van der Waals surface area contributed by atoms with Crippen molar-refractivity contribution in [2.24, 2.45) is 0 Å². The Labute approximate surface area is 159 Å². The van der Waals surface area contributed by atoms with Crippen molar-refractivity contribution in [2.75, 3.05) is 5.32 Å². The molecule has 0 spiro atoms. The average molecular weight is 365 g/mol. The maximum absolute atomic E-state index is 12.0. The highest BCUT2D eigenvalue weighted by Gasteiger charge is 2.09. The maximum Gasteiger partial charge on any atom is 0.272 e. The number of nitrogens with zero attached hydrogens (tertiary/aromatic N) is 3. The van der Waals surface area contributed by atoms with E-state index in [9.17, 15) is 4.79 Å². The molecule has 0 aliphatic rings. The molecule has 0 saturated carbocycles. The highest BCUT2D eigenvalue weighted by molar-refractivity contribution is 5.94. The molecule has 2 aromatic heterocycles. The minimum Gasteiger partial charge on any atom is -0.338 e. The number of hydrogen-bond donors (Lipinski definition) is 2. The van der Waals surface area contributed by atoms with E-state index in [1.165, 1.54) is 0 Å². The van der Waals surface area contributed by atoms with E-state index >= 15 is 0 Å². The van der Waals surface area contributed by atoms with Gasteiger partial charge in [-0.05, 0) is 18.2 Å². The van der Waals surface area contributed by atoms with E-state index in [4.69, 9.17) is 0 Å². The molecule has 2 N–H and O–H groups in total. The van der Waals surface area contributed by atoms with Crippen LogP contribution in [-0.2, 0) is 0 Å². The Balaban J connectivity index is 1.52. The standard InChI is InChI=1S/C22H15N5O/c28-22-19-8-4-3-7-18(19)20(25-27-22)14-9-11-16(12-10-14)24-21-17-6-2-1-5-15(17)13-23-26-21/h1-13H,(H,24,26)(H,27,28). The fraction of sp³-hybridized carbons (Fsp3) is 0. The number of fused-ring (bicyclic) bond motifs is 2. The second-order valence-electron chi connectivity index (χ2n) is 6.43. The predicted molar refractivity (Wildman–Crippen MR) is 111 cm³/mol. The Morgan fingerprint density at radius 1 is 0.786 bits per heavy atom. The normalized spacial score (nSPS) is 11.0. The Bertz CT molecular complexity index is 1350. The Morgan fingerprint density at radius 2 is 1.50 bits per heavy atom. The molecule has 0 atom stereocenters. The SMILES string of the molecule is O=c1[nH]nc(-c2ccc(Nc3nncc4ccccc34)cc2)c2ccccc12.